The van der Waals surface area contributed by atoms with Crippen LogP contribution < -0.4 is 5.32 Å². The van der Waals surface area contributed by atoms with E-state index in [1.54, 1.807) is 0 Å². The number of rotatable bonds is 14. The van der Waals surface area contributed by atoms with Crippen LogP contribution in [-0.2, 0) is 4.79 Å². The average molecular weight is 340 g/mol. The van der Waals surface area contributed by atoms with E-state index in [0.29, 0.717) is 18.5 Å². The molecule has 142 valence electrons. The van der Waals surface area contributed by atoms with Gasteiger partial charge in [-0.05, 0) is 37.5 Å². The van der Waals surface area contributed by atoms with E-state index in [-0.39, 0.29) is 0 Å². The molecule has 2 N–H and O–H groups in total. The fourth-order valence-corrected chi connectivity index (χ4v) is 4.42. The lowest BCUT2D eigenvalue weighted by Crippen LogP contribution is -2.38. The van der Waals surface area contributed by atoms with E-state index < -0.39 is 5.97 Å². The smallest absolute Gasteiger partial charge is 0.303 e. The zero-order valence-corrected chi connectivity index (χ0v) is 16.4. The first kappa shape index (κ1) is 21.5. The van der Waals surface area contributed by atoms with E-state index in [1.807, 2.05) is 0 Å². The van der Waals surface area contributed by atoms with Gasteiger partial charge in [0.1, 0.15) is 0 Å². The van der Waals surface area contributed by atoms with Gasteiger partial charge in [0.25, 0.3) is 0 Å². The van der Waals surface area contributed by atoms with Gasteiger partial charge in [-0.2, -0.15) is 0 Å². The minimum atomic E-state index is -0.654. The maximum absolute atomic E-state index is 10.6. The Morgan fingerprint density at radius 1 is 1.00 bits per heavy atom. The van der Waals surface area contributed by atoms with Crippen molar-refractivity contribution in [3.05, 3.63) is 0 Å². The van der Waals surface area contributed by atoms with Crippen LogP contribution >= 0.6 is 0 Å². The molecule has 3 atom stereocenters. The normalized spacial score (nSPS) is 23.9. The van der Waals surface area contributed by atoms with Crippen LogP contribution in [0.3, 0.4) is 0 Å². The van der Waals surface area contributed by atoms with Crippen molar-refractivity contribution in [2.45, 2.75) is 116 Å². The number of aliphatic carboxylic acids is 1. The molecule has 0 bridgehead atoms. The minimum absolute atomic E-state index is 0.334. The molecule has 24 heavy (non-hydrogen) atoms. The third-order valence-corrected chi connectivity index (χ3v) is 5.62. The predicted molar refractivity (Wildman–Crippen MR) is 102 cm³/mol. The van der Waals surface area contributed by atoms with E-state index in [9.17, 15) is 4.79 Å². The second-order valence-corrected chi connectivity index (χ2v) is 8.13. The third kappa shape index (κ3) is 9.05. The van der Waals surface area contributed by atoms with E-state index in [4.69, 9.17) is 5.11 Å². The number of nitrogens with one attached hydrogen (secondary N) is 1. The van der Waals surface area contributed by atoms with Crippen molar-refractivity contribution in [1.29, 1.82) is 0 Å². The van der Waals surface area contributed by atoms with E-state index in [1.165, 1.54) is 64.2 Å². The average Bonchev–Trinajstić information content (AvgIpc) is 2.88. The number of hydrogen-bond acceptors (Lipinski definition) is 2. The van der Waals surface area contributed by atoms with Crippen LogP contribution in [0.1, 0.15) is 104 Å². The molecule has 0 saturated heterocycles. The van der Waals surface area contributed by atoms with Crippen LogP contribution in [0.5, 0.6) is 0 Å². The van der Waals surface area contributed by atoms with Crippen molar-refractivity contribution in [3.8, 4) is 0 Å². The fraction of sp³-hybridized carbons (Fsp3) is 0.952. The van der Waals surface area contributed by atoms with E-state index in [2.05, 4.69) is 26.1 Å². The Labute approximate surface area is 150 Å². The summed E-state index contributed by atoms with van der Waals surface area (Å²) in [7, 11) is 0. The topological polar surface area (TPSA) is 49.3 Å². The molecule has 0 aromatic heterocycles. The van der Waals surface area contributed by atoms with E-state index in [0.717, 1.165) is 24.7 Å². The SMILES string of the molecule is CCCCCC[C@H]1CCC(NC(C)C)[C@@H]1CCCCCCC(=O)O. The molecule has 0 aliphatic heterocycles. The summed E-state index contributed by atoms with van der Waals surface area (Å²) in [6.07, 6.45) is 15.7. The first-order valence-corrected chi connectivity index (χ1v) is 10.5. The van der Waals surface area contributed by atoms with Gasteiger partial charge in [0.15, 0.2) is 0 Å². The van der Waals surface area contributed by atoms with E-state index >= 15 is 0 Å². The number of unbranched alkanes of at least 4 members (excludes halogenated alkanes) is 6. The molecule has 1 aliphatic rings. The second kappa shape index (κ2) is 12.7. The molecule has 0 amide bonds. The van der Waals surface area contributed by atoms with Crippen molar-refractivity contribution in [1.82, 2.24) is 5.32 Å². The highest BCUT2D eigenvalue weighted by Crippen LogP contribution is 2.39. The third-order valence-electron chi connectivity index (χ3n) is 5.62. The molecule has 0 aromatic carbocycles. The summed E-state index contributed by atoms with van der Waals surface area (Å²) < 4.78 is 0. The second-order valence-electron chi connectivity index (χ2n) is 8.13. The lowest BCUT2D eigenvalue weighted by Gasteiger charge is -2.27. The molecule has 0 radical (unpaired) electrons. The van der Waals surface area contributed by atoms with Gasteiger partial charge in [-0.1, -0.05) is 72.1 Å². The van der Waals surface area contributed by atoms with Gasteiger partial charge in [-0.3, -0.25) is 4.79 Å². The first-order valence-electron chi connectivity index (χ1n) is 10.5. The van der Waals surface area contributed by atoms with Crippen LogP contribution in [0.25, 0.3) is 0 Å². The number of carboxylic acids is 1. The molecule has 1 rings (SSSR count). The molecule has 1 aliphatic carbocycles. The van der Waals surface area contributed by atoms with Crippen molar-refractivity contribution in [3.63, 3.8) is 0 Å². The molecule has 1 fully saturated rings. The lowest BCUT2D eigenvalue weighted by atomic mass is 9.84. The maximum atomic E-state index is 10.6. The molecule has 3 heteroatoms. The van der Waals surface area contributed by atoms with Crippen molar-refractivity contribution < 1.29 is 9.90 Å². The van der Waals surface area contributed by atoms with Crippen molar-refractivity contribution in [2.75, 3.05) is 0 Å². The summed E-state index contributed by atoms with van der Waals surface area (Å²) in [6, 6.07) is 1.28. The predicted octanol–water partition coefficient (Wildman–Crippen LogP) is 5.77. The molecule has 0 aromatic rings. The molecule has 0 heterocycles. The highest BCUT2D eigenvalue weighted by Gasteiger charge is 2.34. The molecule has 1 saturated carbocycles. The van der Waals surface area contributed by atoms with Gasteiger partial charge < -0.3 is 10.4 Å². The fourth-order valence-electron chi connectivity index (χ4n) is 4.42. The summed E-state index contributed by atoms with van der Waals surface area (Å²) in [4.78, 5) is 10.6. The van der Waals surface area contributed by atoms with Crippen molar-refractivity contribution in [2.24, 2.45) is 11.8 Å². The molecule has 3 nitrogen and oxygen atoms in total. The Kier molecular flexibility index (Phi) is 11.4. The highest BCUT2D eigenvalue weighted by molar-refractivity contribution is 5.66. The Morgan fingerprint density at radius 2 is 1.67 bits per heavy atom. The van der Waals surface area contributed by atoms with Crippen LogP contribution in [0.15, 0.2) is 0 Å². The summed E-state index contributed by atoms with van der Waals surface area (Å²) in [6.45, 7) is 6.81. The summed E-state index contributed by atoms with van der Waals surface area (Å²) in [5, 5.41) is 12.5. The van der Waals surface area contributed by atoms with Crippen LogP contribution in [0, 0.1) is 11.8 Å². The molecule has 0 spiro atoms. The van der Waals surface area contributed by atoms with Gasteiger partial charge >= 0.3 is 5.97 Å². The zero-order chi connectivity index (χ0) is 17.8. The van der Waals surface area contributed by atoms with Gasteiger partial charge in [-0.15, -0.1) is 0 Å². The van der Waals surface area contributed by atoms with Crippen molar-refractivity contribution >= 4 is 5.97 Å². The molecular weight excluding hydrogens is 298 g/mol. The van der Waals surface area contributed by atoms with Gasteiger partial charge in [0, 0.05) is 18.5 Å². The molecule has 1 unspecified atom stereocenters. The van der Waals surface area contributed by atoms with Gasteiger partial charge in [0.2, 0.25) is 0 Å². The Bertz CT molecular complexity index is 330. The zero-order valence-electron chi connectivity index (χ0n) is 16.4. The quantitative estimate of drug-likeness (QED) is 0.395. The van der Waals surface area contributed by atoms with Crippen LogP contribution in [-0.4, -0.2) is 23.2 Å². The minimum Gasteiger partial charge on any atom is -0.481 e. The maximum Gasteiger partial charge on any atom is 0.303 e. The summed E-state index contributed by atoms with van der Waals surface area (Å²) in [5.74, 6) is 1.10. The number of carbonyl (C=O) groups is 1. The first-order chi connectivity index (χ1) is 11.5. The van der Waals surface area contributed by atoms with Gasteiger partial charge in [0.05, 0.1) is 0 Å². The van der Waals surface area contributed by atoms with Crippen LogP contribution in [0.4, 0.5) is 0 Å². The Balaban J connectivity index is 2.33. The number of carboxylic acid groups (broad SMARTS) is 1. The monoisotopic (exact) mass is 339 g/mol. The summed E-state index contributed by atoms with van der Waals surface area (Å²) >= 11 is 0. The standard InChI is InChI=1S/C21H41NO2/c1-4-5-6-9-12-18-15-16-20(22-17(2)3)19(18)13-10-7-8-11-14-21(23)24/h17-20,22H,4-16H2,1-3H3,(H,23,24)/t18-,19+,20?/m0/s1. The largest absolute Gasteiger partial charge is 0.481 e. The van der Waals surface area contributed by atoms with Gasteiger partial charge in [-0.25, -0.2) is 0 Å². The number of hydrogen-bond donors (Lipinski definition) is 2. The molecular formula is C21H41NO2. The Morgan fingerprint density at radius 3 is 2.33 bits per heavy atom. The van der Waals surface area contributed by atoms with Crippen LogP contribution in [0.2, 0.25) is 0 Å². The highest BCUT2D eigenvalue weighted by atomic mass is 16.4. The Hall–Kier alpha value is -0.570. The lowest BCUT2D eigenvalue weighted by molar-refractivity contribution is -0.137. The summed E-state index contributed by atoms with van der Waals surface area (Å²) in [5.41, 5.74) is 0.